The van der Waals surface area contributed by atoms with Gasteiger partial charge in [-0.25, -0.2) is 9.59 Å². The van der Waals surface area contributed by atoms with E-state index in [4.69, 9.17) is 15.2 Å². The van der Waals surface area contributed by atoms with Crippen LogP contribution < -0.4 is 11.1 Å². The number of carbonyl (C=O) groups is 2. The number of carbonyl (C=O) groups excluding carboxylic acids is 2. The van der Waals surface area contributed by atoms with Crippen LogP contribution in [0.15, 0.2) is 11.3 Å². The van der Waals surface area contributed by atoms with Gasteiger partial charge in [0.25, 0.3) is 0 Å². The summed E-state index contributed by atoms with van der Waals surface area (Å²) in [5, 5.41) is 2.37. The fourth-order valence-corrected chi connectivity index (χ4v) is 1.34. The summed E-state index contributed by atoms with van der Waals surface area (Å²) in [7, 11) is 0. The first-order valence-corrected chi connectivity index (χ1v) is 4.64. The van der Waals surface area contributed by atoms with E-state index in [2.05, 4.69) is 5.32 Å². The van der Waals surface area contributed by atoms with Crippen LogP contribution >= 0.6 is 0 Å². The van der Waals surface area contributed by atoms with Crippen LogP contribution in [0, 0.1) is 0 Å². The van der Waals surface area contributed by atoms with Crippen molar-refractivity contribution in [3.8, 4) is 0 Å². The number of nitrogens with two attached hydrogens (primary N) is 1. The average molecular weight is 214 g/mol. The largest absolute Gasteiger partial charge is 0.474 e. The molecule has 1 unspecified atom stereocenters. The van der Waals surface area contributed by atoms with Gasteiger partial charge < -0.3 is 20.5 Å². The van der Waals surface area contributed by atoms with Crippen molar-refractivity contribution < 1.29 is 19.1 Å². The van der Waals surface area contributed by atoms with Gasteiger partial charge in [-0.15, -0.1) is 0 Å². The fraction of sp³-hybridized carbons (Fsp3) is 0.556. The van der Waals surface area contributed by atoms with Crippen LogP contribution in [0.2, 0.25) is 0 Å². The van der Waals surface area contributed by atoms with Crippen LogP contribution in [-0.4, -0.2) is 24.8 Å². The van der Waals surface area contributed by atoms with Crippen molar-refractivity contribution in [3.63, 3.8) is 0 Å². The summed E-state index contributed by atoms with van der Waals surface area (Å²) in [6.45, 7) is 3.68. The zero-order valence-corrected chi connectivity index (χ0v) is 8.70. The number of ether oxygens (including phenoxy) is 2. The van der Waals surface area contributed by atoms with Crippen molar-refractivity contribution in [2.45, 2.75) is 26.5 Å². The van der Waals surface area contributed by atoms with Crippen LogP contribution in [0.1, 0.15) is 20.3 Å². The quantitative estimate of drug-likeness (QED) is 0.658. The van der Waals surface area contributed by atoms with Crippen molar-refractivity contribution in [3.05, 3.63) is 11.3 Å². The molecule has 0 spiro atoms. The molecule has 1 aliphatic rings. The minimum atomic E-state index is -0.682. The van der Waals surface area contributed by atoms with Crippen molar-refractivity contribution in [1.29, 1.82) is 0 Å². The van der Waals surface area contributed by atoms with E-state index in [1.165, 1.54) is 0 Å². The first-order valence-electron chi connectivity index (χ1n) is 4.64. The van der Waals surface area contributed by atoms with Gasteiger partial charge in [0.05, 0.1) is 12.2 Å². The minimum absolute atomic E-state index is 0.285. The third kappa shape index (κ3) is 2.87. The van der Waals surface area contributed by atoms with E-state index < -0.39 is 18.2 Å². The maximum atomic E-state index is 11.4. The summed E-state index contributed by atoms with van der Waals surface area (Å²) in [4.78, 5) is 21.9. The molecule has 0 bridgehead atoms. The zero-order valence-electron chi connectivity index (χ0n) is 8.70. The van der Waals surface area contributed by atoms with Gasteiger partial charge in [0.15, 0.2) is 6.23 Å². The summed E-state index contributed by atoms with van der Waals surface area (Å²) in [5.74, 6) is 0.0518. The summed E-state index contributed by atoms with van der Waals surface area (Å²) in [5.41, 5.74) is 5.37. The summed E-state index contributed by atoms with van der Waals surface area (Å²) in [6.07, 6.45) is -0.282. The maximum absolute atomic E-state index is 11.4. The van der Waals surface area contributed by atoms with Crippen LogP contribution in [0.5, 0.6) is 0 Å². The highest BCUT2D eigenvalue weighted by atomic mass is 16.5. The van der Waals surface area contributed by atoms with Crippen molar-refractivity contribution in [1.82, 2.24) is 5.32 Å². The molecule has 0 aromatic heterocycles. The first kappa shape index (κ1) is 11.4. The number of nitrogens with one attached hydrogen (secondary N) is 1. The van der Waals surface area contributed by atoms with Crippen LogP contribution in [0.4, 0.5) is 4.79 Å². The lowest BCUT2D eigenvalue weighted by atomic mass is 10.2. The Balaban J connectivity index is 2.57. The molecule has 1 aliphatic heterocycles. The van der Waals surface area contributed by atoms with E-state index in [0.29, 0.717) is 17.9 Å². The Hall–Kier alpha value is -1.72. The topological polar surface area (TPSA) is 90.7 Å². The molecule has 84 valence electrons. The van der Waals surface area contributed by atoms with Gasteiger partial charge in [-0.3, -0.25) is 0 Å². The lowest BCUT2D eigenvalue weighted by molar-refractivity contribution is -0.138. The molecular formula is C9H14N2O4. The first-order chi connectivity index (χ1) is 7.04. The summed E-state index contributed by atoms with van der Waals surface area (Å²) >= 11 is 0. The molecule has 1 rings (SSSR count). The van der Waals surface area contributed by atoms with E-state index >= 15 is 0 Å². The second-order valence-corrected chi connectivity index (χ2v) is 3.07. The highest BCUT2D eigenvalue weighted by Gasteiger charge is 2.29. The number of hydrogen-bond acceptors (Lipinski definition) is 4. The molecule has 0 saturated carbocycles. The minimum Gasteiger partial charge on any atom is -0.474 e. The second-order valence-electron chi connectivity index (χ2n) is 3.07. The third-order valence-electron chi connectivity index (χ3n) is 1.96. The predicted octanol–water partition coefficient (Wildman–Crippen LogP) is 0.238. The van der Waals surface area contributed by atoms with Gasteiger partial charge in [-0.05, 0) is 13.8 Å². The Bertz CT molecular complexity index is 311. The number of esters is 1. The van der Waals surface area contributed by atoms with Gasteiger partial charge in [0, 0.05) is 6.42 Å². The van der Waals surface area contributed by atoms with Gasteiger partial charge in [-0.2, -0.15) is 0 Å². The van der Waals surface area contributed by atoms with Crippen LogP contribution in [0.25, 0.3) is 0 Å². The van der Waals surface area contributed by atoms with Gasteiger partial charge in [0.1, 0.15) is 5.76 Å². The number of urea groups is 1. The number of primary amides is 1. The summed E-state index contributed by atoms with van der Waals surface area (Å²) < 4.78 is 10.0. The molecule has 0 fully saturated rings. The molecule has 6 heteroatoms. The standard InChI is InChI=1S/C9H14N2O4/c1-3-14-8(12)6-4-7(11-9(10)13)15-5(6)2/h7H,3-4H2,1-2H3,(H3,10,11,13). The molecule has 3 N–H and O–H groups in total. The van der Waals surface area contributed by atoms with Gasteiger partial charge in [0.2, 0.25) is 0 Å². The van der Waals surface area contributed by atoms with Gasteiger partial charge in [-0.1, -0.05) is 0 Å². The van der Waals surface area contributed by atoms with E-state index in [-0.39, 0.29) is 6.42 Å². The molecular weight excluding hydrogens is 200 g/mol. The van der Waals surface area contributed by atoms with E-state index in [1.807, 2.05) is 0 Å². The molecule has 0 aromatic rings. The highest BCUT2D eigenvalue weighted by molar-refractivity contribution is 5.89. The number of hydrogen-bond donors (Lipinski definition) is 2. The normalized spacial score (nSPS) is 19.7. The molecule has 1 atom stereocenters. The molecule has 15 heavy (non-hydrogen) atoms. The van der Waals surface area contributed by atoms with Crippen LogP contribution in [-0.2, 0) is 14.3 Å². The number of rotatable bonds is 3. The third-order valence-corrected chi connectivity index (χ3v) is 1.96. The van der Waals surface area contributed by atoms with Crippen molar-refractivity contribution >= 4 is 12.0 Å². The average Bonchev–Trinajstić information content (AvgIpc) is 2.46. The molecule has 1 heterocycles. The predicted molar refractivity (Wildman–Crippen MR) is 51.5 cm³/mol. The number of amides is 2. The SMILES string of the molecule is CCOC(=O)C1=C(C)OC(NC(N)=O)C1. The Morgan fingerprint density at radius 3 is 2.87 bits per heavy atom. The molecule has 0 saturated heterocycles. The van der Waals surface area contributed by atoms with Crippen LogP contribution in [0.3, 0.4) is 0 Å². The van der Waals surface area contributed by atoms with Crippen molar-refractivity contribution in [2.24, 2.45) is 5.73 Å². The zero-order chi connectivity index (χ0) is 11.4. The van der Waals surface area contributed by atoms with E-state index in [0.717, 1.165) is 0 Å². The Labute approximate surface area is 87.4 Å². The monoisotopic (exact) mass is 214 g/mol. The molecule has 0 aliphatic carbocycles. The molecule has 6 nitrogen and oxygen atoms in total. The Morgan fingerprint density at radius 2 is 2.33 bits per heavy atom. The van der Waals surface area contributed by atoms with E-state index in [9.17, 15) is 9.59 Å². The molecule has 2 amide bonds. The smallest absolute Gasteiger partial charge is 0.337 e. The van der Waals surface area contributed by atoms with Crippen molar-refractivity contribution in [2.75, 3.05) is 6.61 Å². The second kappa shape index (κ2) is 4.68. The lowest BCUT2D eigenvalue weighted by Crippen LogP contribution is -2.38. The lowest BCUT2D eigenvalue weighted by Gasteiger charge is -2.10. The maximum Gasteiger partial charge on any atom is 0.337 e. The highest BCUT2D eigenvalue weighted by Crippen LogP contribution is 2.24. The fourth-order valence-electron chi connectivity index (χ4n) is 1.34. The molecule has 0 aromatic carbocycles. The Morgan fingerprint density at radius 1 is 1.67 bits per heavy atom. The van der Waals surface area contributed by atoms with E-state index in [1.54, 1.807) is 13.8 Å². The number of allylic oxidation sites excluding steroid dienone is 1. The molecule has 0 radical (unpaired) electrons. The summed E-state index contributed by atoms with van der Waals surface area (Å²) in [6, 6.07) is -0.682. The van der Waals surface area contributed by atoms with Gasteiger partial charge >= 0.3 is 12.0 Å². The Kier molecular flexibility index (Phi) is 3.54.